The number of anilines is 1. The van der Waals surface area contributed by atoms with E-state index in [0.717, 1.165) is 51.9 Å². The minimum Gasteiger partial charge on any atom is -0.369 e. The minimum absolute atomic E-state index is 0. The number of para-hydroxylation sites is 1. The SMILES string of the molecule is Cl.Cl.O=C(NC1CCCN(c2ccccc2)C1)C1(n2cccn2)CCNCC1. The van der Waals surface area contributed by atoms with E-state index in [0.29, 0.717) is 0 Å². The van der Waals surface area contributed by atoms with Gasteiger partial charge in [-0.05, 0) is 57.0 Å². The quantitative estimate of drug-likeness (QED) is 0.789. The predicted molar refractivity (Wildman–Crippen MR) is 117 cm³/mol. The summed E-state index contributed by atoms with van der Waals surface area (Å²) in [5.74, 6) is 0.114. The lowest BCUT2D eigenvalue weighted by molar-refractivity contribution is -0.132. The number of piperidine rings is 2. The van der Waals surface area contributed by atoms with Crippen LogP contribution in [0.4, 0.5) is 5.69 Å². The molecule has 2 aliphatic heterocycles. The third-order valence-electron chi connectivity index (χ3n) is 5.67. The highest BCUT2D eigenvalue weighted by Crippen LogP contribution is 2.28. The van der Waals surface area contributed by atoms with Crippen LogP contribution in [-0.4, -0.2) is 47.9 Å². The van der Waals surface area contributed by atoms with Gasteiger partial charge >= 0.3 is 0 Å². The van der Waals surface area contributed by atoms with Gasteiger partial charge in [0, 0.05) is 37.2 Å². The Labute approximate surface area is 178 Å². The molecule has 3 heterocycles. The molecule has 2 aliphatic rings. The van der Waals surface area contributed by atoms with Crippen molar-refractivity contribution in [3.05, 3.63) is 48.8 Å². The molecule has 1 aromatic heterocycles. The molecule has 0 bridgehead atoms. The van der Waals surface area contributed by atoms with Gasteiger partial charge in [0.1, 0.15) is 5.54 Å². The summed E-state index contributed by atoms with van der Waals surface area (Å²) in [6, 6.07) is 12.5. The summed E-state index contributed by atoms with van der Waals surface area (Å²) in [6.45, 7) is 3.59. The van der Waals surface area contributed by atoms with E-state index in [1.165, 1.54) is 5.69 Å². The molecular weight excluding hydrogens is 397 g/mol. The Bertz CT molecular complexity index is 719. The van der Waals surface area contributed by atoms with Crippen molar-refractivity contribution in [1.82, 2.24) is 20.4 Å². The molecule has 1 atom stereocenters. The molecule has 2 aromatic rings. The zero-order valence-electron chi connectivity index (χ0n) is 15.9. The van der Waals surface area contributed by atoms with Crippen molar-refractivity contribution in [2.75, 3.05) is 31.1 Å². The number of carbonyl (C=O) groups excluding carboxylic acids is 1. The van der Waals surface area contributed by atoms with Crippen molar-refractivity contribution in [3.63, 3.8) is 0 Å². The molecule has 2 fully saturated rings. The van der Waals surface area contributed by atoms with Crippen LogP contribution in [0.25, 0.3) is 0 Å². The highest BCUT2D eigenvalue weighted by atomic mass is 35.5. The number of hydrogen-bond donors (Lipinski definition) is 2. The van der Waals surface area contributed by atoms with E-state index in [-0.39, 0.29) is 36.8 Å². The second kappa shape index (κ2) is 10.1. The normalized spacial score (nSPS) is 21.1. The lowest BCUT2D eigenvalue weighted by atomic mass is 9.86. The molecule has 2 N–H and O–H groups in total. The molecule has 1 amide bonds. The van der Waals surface area contributed by atoms with Crippen molar-refractivity contribution in [2.45, 2.75) is 37.3 Å². The van der Waals surface area contributed by atoms with Crippen molar-refractivity contribution >= 4 is 36.4 Å². The van der Waals surface area contributed by atoms with Gasteiger partial charge in [0.2, 0.25) is 5.91 Å². The maximum atomic E-state index is 13.3. The highest BCUT2D eigenvalue weighted by Gasteiger charge is 2.42. The Morgan fingerprint density at radius 2 is 1.89 bits per heavy atom. The maximum Gasteiger partial charge on any atom is 0.248 e. The van der Waals surface area contributed by atoms with Crippen molar-refractivity contribution in [1.29, 1.82) is 0 Å². The molecule has 0 saturated carbocycles. The fourth-order valence-corrected chi connectivity index (χ4v) is 4.21. The smallest absolute Gasteiger partial charge is 0.248 e. The van der Waals surface area contributed by atoms with Gasteiger partial charge in [-0.25, -0.2) is 0 Å². The third kappa shape index (κ3) is 4.62. The predicted octanol–water partition coefficient (Wildman–Crippen LogP) is 2.59. The van der Waals surface area contributed by atoms with Crippen LogP contribution in [0.5, 0.6) is 0 Å². The second-order valence-corrected chi connectivity index (χ2v) is 7.33. The zero-order valence-corrected chi connectivity index (χ0v) is 17.6. The number of aromatic nitrogens is 2. The van der Waals surface area contributed by atoms with Crippen LogP contribution in [-0.2, 0) is 10.3 Å². The number of carbonyl (C=O) groups is 1. The van der Waals surface area contributed by atoms with E-state index in [1.54, 1.807) is 6.20 Å². The van der Waals surface area contributed by atoms with Gasteiger partial charge in [0.25, 0.3) is 0 Å². The van der Waals surface area contributed by atoms with E-state index in [9.17, 15) is 4.79 Å². The van der Waals surface area contributed by atoms with Crippen LogP contribution in [0, 0.1) is 0 Å². The topological polar surface area (TPSA) is 62.2 Å². The summed E-state index contributed by atoms with van der Waals surface area (Å²) in [7, 11) is 0. The fraction of sp³-hybridized carbons (Fsp3) is 0.500. The molecule has 1 unspecified atom stereocenters. The van der Waals surface area contributed by atoms with Gasteiger partial charge in [0.15, 0.2) is 0 Å². The number of rotatable bonds is 4. The summed E-state index contributed by atoms with van der Waals surface area (Å²) >= 11 is 0. The maximum absolute atomic E-state index is 13.3. The average Bonchev–Trinajstić information content (AvgIpc) is 3.25. The Morgan fingerprint density at radius 1 is 1.14 bits per heavy atom. The number of benzene rings is 1. The Morgan fingerprint density at radius 3 is 2.57 bits per heavy atom. The van der Waals surface area contributed by atoms with Gasteiger partial charge in [-0.1, -0.05) is 18.2 Å². The Hall–Kier alpha value is -1.76. The number of amides is 1. The van der Waals surface area contributed by atoms with Gasteiger partial charge in [-0.15, -0.1) is 24.8 Å². The van der Waals surface area contributed by atoms with Crippen LogP contribution in [0.1, 0.15) is 25.7 Å². The van der Waals surface area contributed by atoms with Crippen LogP contribution in [0.2, 0.25) is 0 Å². The van der Waals surface area contributed by atoms with Crippen LogP contribution < -0.4 is 15.5 Å². The standard InChI is InChI=1S/C20H27N5O.2ClH/c26-19(20(9-12-21-13-10-20)25-15-5-11-22-25)23-17-6-4-14-24(16-17)18-7-2-1-3-8-18;;/h1-3,5,7-8,11,15,17,21H,4,6,9-10,12-14,16H2,(H,23,26);2*1H. The number of halogens is 2. The number of nitrogens with one attached hydrogen (secondary N) is 2. The molecule has 0 aliphatic carbocycles. The summed E-state index contributed by atoms with van der Waals surface area (Å²) < 4.78 is 1.86. The molecule has 28 heavy (non-hydrogen) atoms. The van der Waals surface area contributed by atoms with Gasteiger partial charge < -0.3 is 15.5 Å². The van der Waals surface area contributed by atoms with Crippen molar-refractivity contribution in [2.24, 2.45) is 0 Å². The molecule has 6 nitrogen and oxygen atoms in total. The Kier molecular flexibility index (Phi) is 8.16. The average molecular weight is 426 g/mol. The van der Waals surface area contributed by atoms with Crippen molar-refractivity contribution < 1.29 is 4.79 Å². The lowest BCUT2D eigenvalue weighted by Crippen LogP contribution is -2.58. The lowest BCUT2D eigenvalue weighted by Gasteiger charge is -2.40. The van der Waals surface area contributed by atoms with E-state index in [4.69, 9.17) is 0 Å². The molecule has 0 radical (unpaired) electrons. The third-order valence-corrected chi connectivity index (χ3v) is 5.67. The first-order valence-corrected chi connectivity index (χ1v) is 9.60. The monoisotopic (exact) mass is 425 g/mol. The Balaban J connectivity index is 0.00000140. The largest absolute Gasteiger partial charge is 0.369 e. The van der Waals surface area contributed by atoms with E-state index in [1.807, 2.05) is 23.0 Å². The summed E-state index contributed by atoms with van der Waals surface area (Å²) in [6.07, 6.45) is 7.35. The summed E-state index contributed by atoms with van der Waals surface area (Å²) in [4.78, 5) is 15.7. The van der Waals surface area contributed by atoms with Crippen molar-refractivity contribution in [3.8, 4) is 0 Å². The first kappa shape index (κ1) is 22.5. The van der Waals surface area contributed by atoms with Crippen LogP contribution in [0.3, 0.4) is 0 Å². The molecule has 0 spiro atoms. The first-order valence-electron chi connectivity index (χ1n) is 9.60. The second-order valence-electron chi connectivity index (χ2n) is 7.33. The highest BCUT2D eigenvalue weighted by molar-refractivity contribution is 5.86. The number of nitrogens with zero attached hydrogens (tertiary/aromatic N) is 3. The van der Waals surface area contributed by atoms with Gasteiger partial charge in [0.05, 0.1) is 0 Å². The minimum atomic E-state index is -0.566. The number of hydrogen-bond acceptors (Lipinski definition) is 4. The van der Waals surface area contributed by atoms with Gasteiger partial charge in [-0.3, -0.25) is 9.48 Å². The zero-order chi connectivity index (χ0) is 17.8. The molecule has 1 aromatic carbocycles. The molecule has 4 rings (SSSR count). The first-order chi connectivity index (χ1) is 12.8. The molecule has 154 valence electrons. The summed E-state index contributed by atoms with van der Waals surface area (Å²) in [5, 5.41) is 11.1. The van der Waals surface area contributed by atoms with E-state index < -0.39 is 5.54 Å². The van der Waals surface area contributed by atoms with Crippen LogP contribution in [0.15, 0.2) is 48.8 Å². The fourth-order valence-electron chi connectivity index (χ4n) is 4.21. The molecule has 2 saturated heterocycles. The molecular formula is C20H29Cl2N5O. The van der Waals surface area contributed by atoms with E-state index >= 15 is 0 Å². The van der Waals surface area contributed by atoms with Crippen LogP contribution >= 0.6 is 24.8 Å². The van der Waals surface area contributed by atoms with E-state index in [2.05, 4.69) is 44.9 Å². The summed E-state index contributed by atoms with van der Waals surface area (Å²) in [5.41, 5.74) is 0.666. The molecule has 8 heteroatoms. The van der Waals surface area contributed by atoms with Gasteiger partial charge in [-0.2, -0.15) is 5.10 Å².